The molecule has 0 bridgehead atoms. The molecule has 3 aromatic rings. The van der Waals surface area contributed by atoms with Crippen LogP contribution in [0, 0.1) is 6.92 Å². The Balaban J connectivity index is 1.76. The lowest BCUT2D eigenvalue weighted by atomic mass is 10.3. The predicted molar refractivity (Wildman–Crippen MR) is 104 cm³/mol. The number of para-hydroxylation sites is 1. The number of benzene rings is 1. The Morgan fingerprint density at radius 1 is 1.11 bits per heavy atom. The molecule has 0 aliphatic heterocycles. The van der Waals surface area contributed by atoms with E-state index < -0.39 is 17.4 Å². The molecule has 3 rings (SSSR count). The van der Waals surface area contributed by atoms with Crippen LogP contribution in [0.5, 0.6) is 0 Å². The number of anilines is 1. The van der Waals surface area contributed by atoms with Gasteiger partial charge < -0.3 is 5.32 Å². The third kappa shape index (κ3) is 3.87. The molecule has 0 unspecified atom stereocenters. The van der Waals surface area contributed by atoms with E-state index in [1.54, 1.807) is 42.9 Å². The molecule has 0 fully saturated rings. The van der Waals surface area contributed by atoms with E-state index in [9.17, 15) is 14.4 Å². The van der Waals surface area contributed by atoms with E-state index in [0.717, 1.165) is 4.88 Å². The molecule has 27 heavy (non-hydrogen) atoms. The van der Waals surface area contributed by atoms with Gasteiger partial charge in [0.15, 0.2) is 0 Å². The molecule has 0 radical (unpaired) electrons. The fourth-order valence-electron chi connectivity index (χ4n) is 2.45. The first-order chi connectivity index (χ1) is 13.0. The van der Waals surface area contributed by atoms with Crippen LogP contribution in [0.4, 0.5) is 5.69 Å². The van der Waals surface area contributed by atoms with E-state index in [-0.39, 0.29) is 5.69 Å². The summed E-state index contributed by atoms with van der Waals surface area (Å²) in [5, 5.41) is 7.97. The van der Waals surface area contributed by atoms with Crippen molar-refractivity contribution >= 4 is 35.1 Å². The monoisotopic (exact) mass is 383 g/mol. The third-order valence-corrected chi connectivity index (χ3v) is 4.71. The van der Waals surface area contributed by atoms with E-state index >= 15 is 0 Å². The zero-order valence-electron chi connectivity index (χ0n) is 14.7. The molecule has 2 N–H and O–H groups in total. The molecular weight excluding hydrogens is 366 g/mol. The van der Waals surface area contributed by atoms with Crippen molar-refractivity contribution in [1.82, 2.24) is 14.8 Å². The summed E-state index contributed by atoms with van der Waals surface area (Å²) in [5.74, 6) is -1.93. The van der Waals surface area contributed by atoms with Crippen LogP contribution in [-0.4, -0.2) is 27.4 Å². The smallest absolute Gasteiger partial charge is 0.311 e. The van der Waals surface area contributed by atoms with E-state index in [2.05, 4.69) is 15.8 Å². The zero-order chi connectivity index (χ0) is 19.4. The van der Waals surface area contributed by atoms with Gasteiger partial charge in [-0.05, 0) is 30.5 Å². The van der Waals surface area contributed by atoms with Crippen molar-refractivity contribution in [2.45, 2.75) is 6.92 Å². The van der Waals surface area contributed by atoms with Crippen molar-refractivity contribution in [2.24, 2.45) is 12.1 Å². The van der Waals surface area contributed by atoms with Gasteiger partial charge >= 0.3 is 11.8 Å². The second kappa shape index (κ2) is 7.83. The number of thiophene rings is 1. The van der Waals surface area contributed by atoms with Crippen molar-refractivity contribution < 1.29 is 9.59 Å². The van der Waals surface area contributed by atoms with Crippen LogP contribution in [0.3, 0.4) is 0 Å². The number of rotatable bonds is 4. The molecule has 0 aliphatic rings. The number of hydrogen-bond acceptors (Lipinski definition) is 5. The summed E-state index contributed by atoms with van der Waals surface area (Å²) in [7, 11) is 1.70. The first kappa shape index (κ1) is 18.3. The van der Waals surface area contributed by atoms with Gasteiger partial charge in [0.1, 0.15) is 5.69 Å². The van der Waals surface area contributed by atoms with Crippen LogP contribution in [0.15, 0.2) is 57.7 Å². The number of nitrogens with zero attached hydrogens (tertiary/aromatic N) is 3. The Morgan fingerprint density at radius 2 is 1.85 bits per heavy atom. The van der Waals surface area contributed by atoms with Gasteiger partial charge in [-0.25, -0.2) is 10.1 Å². The molecule has 2 heterocycles. The average molecular weight is 383 g/mol. The third-order valence-electron chi connectivity index (χ3n) is 3.90. The summed E-state index contributed by atoms with van der Waals surface area (Å²) in [5.41, 5.74) is 2.93. The second-order valence-corrected chi connectivity index (χ2v) is 6.58. The highest BCUT2D eigenvalue weighted by Gasteiger charge is 2.21. The molecule has 0 spiro atoms. The number of amides is 2. The molecule has 2 aromatic heterocycles. The highest BCUT2D eigenvalue weighted by atomic mass is 32.1. The number of nitrogens with one attached hydrogen (secondary N) is 2. The molecule has 0 atom stereocenters. The zero-order valence-corrected chi connectivity index (χ0v) is 15.5. The molecular formula is C18H17N5O3S. The van der Waals surface area contributed by atoms with Crippen LogP contribution in [-0.2, 0) is 16.6 Å². The molecule has 8 nitrogen and oxygen atoms in total. The fraction of sp³-hybridized carbons (Fsp3) is 0.111. The van der Waals surface area contributed by atoms with E-state index in [1.807, 2.05) is 23.6 Å². The van der Waals surface area contributed by atoms with Gasteiger partial charge in [0, 0.05) is 11.9 Å². The van der Waals surface area contributed by atoms with Gasteiger partial charge in [0.2, 0.25) is 0 Å². The van der Waals surface area contributed by atoms with Crippen molar-refractivity contribution in [1.29, 1.82) is 0 Å². The lowest BCUT2D eigenvalue weighted by Gasteiger charge is -2.07. The summed E-state index contributed by atoms with van der Waals surface area (Å²) in [6.45, 7) is 1.68. The van der Waals surface area contributed by atoms with Crippen LogP contribution in [0.25, 0.3) is 5.69 Å². The van der Waals surface area contributed by atoms with Crippen molar-refractivity contribution in [3.05, 3.63) is 68.8 Å². The summed E-state index contributed by atoms with van der Waals surface area (Å²) in [6, 6.07) is 12.7. The van der Waals surface area contributed by atoms with Gasteiger partial charge in [-0.1, -0.05) is 24.3 Å². The minimum absolute atomic E-state index is 0.0451. The maximum atomic E-state index is 12.7. The molecule has 2 amide bonds. The Bertz CT molecular complexity index is 1050. The number of carbonyl (C=O) groups excluding carboxylic acids is 2. The van der Waals surface area contributed by atoms with Gasteiger partial charge in [-0.15, -0.1) is 11.3 Å². The van der Waals surface area contributed by atoms with Crippen LogP contribution < -0.4 is 16.3 Å². The number of aromatic nitrogens is 2. The summed E-state index contributed by atoms with van der Waals surface area (Å²) in [6.07, 6.45) is 1.44. The predicted octanol–water partition coefficient (Wildman–Crippen LogP) is 1.63. The minimum atomic E-state index is -0.968. The van der Waals surface area contributed by atoms with E-state index in [4.69, 9.17) is 0 Å². The first-order valence-electron chi connectivity index (χ1n) is 8.01. The largest absolute Gasteiger partial charge is 0.329 e. The standard InChI is InChI=1S/C18H17N5O3S/c1-12-15(18(26)23(22(12)2)13-7-4-3-5-8-13)20-16(24)17(25)21-19-11-14-9-6-10-27-14/h3-11H,1-2H3,(H,20,24)(H,21,25)/b19-11+. The number of hydrazone groups is 1. The quantitative estimate of drug-likeness (QED) is 0.407. The Hall–Kier alpha value is -3.46. The Kier molecular flexibility index (Phi) is 5.32. The van der Waals surface area contributed by atoms with Crippen molar-refractivity contribution in [3.8, 4) is 5.69 Å². The lowest BCUT2D eigenvalue weighted by Crippen LogP contribution is -2.34. The maximum absolute atomic E-state index is 12.7. The first-order valence-corrected chi connectivity index (χ1v) is 8.89. The molecule has 9 heteroatoms. The topological polar surface area (TPSA) is 97.5 Å². The normalized spacial score (nSPS) is 10.9. The molecule has 0 aliphatic carbocycles. The average Bonchev–Trinajstić information content (AvgIpc) is 3.25. The maximum Gasteiger partial charge on any atom is 0.329 e. The Morgan fingerprint density at radius 3 is 2.52 bits per heavy atom. The van der Waals surface area contributed by atoms with Crippen LogP contribution >= 0.6 is 11.3 Å². The van der Waals surface area contributed by atoms with E-state index in [1.165, 1.54) is 22.2 Å². The molecule has 138 valence electrons. The molecule has 0 saturated heterocycles. The number of hydrogen-bond donors (Lipinski definition) is 2. The van der Waals surface area contributed by atoms with Gasteiger partial charge in [-0.2, -0.15) is 5.10 Å². The van der Waals surface area contributed by atoms with E-state index in [0.29, 0.717) is 11.4 Å². The Labute approximate surface area is 158 Å². The van der Waals surface area contributed by atoms with Crippen molar-refractivity contribution in [2.75, 3.05) is 5.32 Å². The van der Waals surface area contributed by atoms with Gasteiger partial charge in [-0.3, -0.25) is 19.1 Å². The van der Waals surface area contributed by atoms with Gasteiger partial charge in [0.05, 0.1) is 17.6 Å². The summed E-state index contributed by atoms with van der Waals surface area (Å²) < 4.78 is 3.03. The highest BCUT2D eigenvalue weighted by molar-refractivity contribution is 7.11. The summed E-state index contributed by atoms with van der Waals surface area (Å²) in [4.78, 5) is 37.6. The fourth-order valence-corrected chi connectivity index (χ4v) is 3.04. The van der Waals surface area contributed by atoms with Gasteiger partial charge in [0.25, 0.3) is 5.56 Å². The molecule has 0 saturated carbocycles. The number of carbonyl (C=O) groups is 2. The highest BCUT2D eigenvalue weighted by Crippen LogP contribution is 2.13. The lowest BCUT2D eigenvalue weighted by molar-refractivity contribution is -0.136. The van der Waals surface area contributed by atoms with Crippen LogP contribution in [0.2, 0.25) is 0 Å². The minimum Gasteiger partial charge on any atom is -0.311 e. The van der Waals surface area contributed by atoms with Crippen molar-refractivity contribution in [3.63, 3.8) is 0 Å². The van der Waals surface area contributed by atoms with Crippen LogP contribution in [0.1, 0.15) is 10.6 Å². The second-order valence-electron chi connectivity index (χ2n) is 5.61. The SMILES string of the molecule is Cc1c(NC(=O)C(=O)N/N=C/c2cccs2)c(=O)n(-c2ccccc2)n1C. The molecule has 1 aromatic carbocycles. The summed E-state index contributed by atoms with van der Waals surface area (Å²) >= 11 is 1.44.